The number of imidazole rings is 1. The number of amides is 1. The molecule has 0 spiro atoms. The van der Waals surface area contributed by atoms with Gasteiger partial charge < -0.3 is 24.8 Å². The van der Waals surface area contributed by atoms with Crippen LogP contribution in [-0.4, -0.2) is 45.0 Å². The van der Waals surface area contributed by atoms with Crippen molar-refractivity contribution in [2.24, 2.45) is 13.0 Å². The molecule has 204 valence electrons. The topological polar surface area (TPSA) is 84.3 Å². The number of fused-ring (bicyclic) bond motifs is 1. The van der Waals surface area contributed by atoms with Crippen molar-refractivity contribution in [3.63, 3.8) is 0 Å². The molecule has 39 heavy (non-hydrogen) atoms. The first-order chi connectivity index (χ1) is 18.7. The lowest BCUT2D eigenvalue weighted by molar-refractivity contribution is -0.121. The smallest absolute Gasteiger partial charge is 0.228 e. The van der Waals surface area contributed by atoms with Crippen LogP contribution in [0.5, 0.6) is 11.5 Å². The molecule has 5 rings (SSSR count). The van der Waals surface area contributed by atoms with E-state index in [4.69, 9.17) is 9.72 Å². The molecule has 0 bridgehead atoms. The first kappa shape index (κ1) is 26.7. The van der Waals surface area contributed by atoms with Gasteiger partial charge in [-0.1, -0.05) is 39.8 Å². The summed E-state index contributed by atoms with van der Waals surface area (Å²) >= 11 is 0. The fourth-order valence-electron chi connectivity index (χ4n) is 4.97. The Balaban J connectivity index is 1.27. The Kier molecular flexibility index (Phi) is 7.57. The number of pyridine rings is 1. The Morgan fingerprint density at radius 3 is 2.56 bits per heavy atom. The number of anilines is 3. The number of aryl methyl sites for hydroxylation is 1. The van der Waals surface area contributed by atoms with E-state index in [0.717, 1.165) is 55.1 Å². The van der Waals surface area contributed by atoms with Gasteiger partial charge in [0.05, 0.1) is 11.0 Å². The summed E-state index contributed by atoms with van der Waals surface area (Å²) < 4.78 is 8.17. The lowest BCUT2D eigenvalue weighted by Gasteiger charge is -2.30. The Bertz CT molecular complexity index is 1460. The predicted octanol–water partition coefficient (Wildman–Crippen LogP) is 6.47. The molecule has 1 amide bonds. The number of piperidine rings is 1. The molecule has 4 aromatic rings. The summed E-state index contributed by atoms with van der Waals surface area (Å²) in [5, 5.41) is 6.44. The quantitative estimate of drug-likeness (QED) is 0.287. The van der Waals surface area contributed by atoms with E-state index in [9.17, 15) is 4.79 Å². The molecule has 1 fully saturated rings. The largest absolute Gasteiger partial charge is 0.457 e. The highest BCUT2D eigenvalue weighted by atomic mass is 16.5. The van der Waals surface area contributed by atoms with Gasteiger partial charge in [-0.05, 0) is 73.8 Å². The summed E-state index contributed by atoms with van der Waals surface area (Å²) in [5.74, 6) is 2.57. The van der Waals surface area contributed by atoms with E-state index in [0.29, 0.717) is 17.3 Å². The number of rotatable bonds is 7. The van der Waals surface area contributed by atoms with Crippen LogP contribution in [0.3, 0.4) is 0 Å². The van der Waals surface area contributed by atoms with E-state index < -0.39 is 0 Å². The van der Waals surface area contributed by atoms with Crippen LogP contribution >= 0.6 is 0 Å². The average Bonchev–Trinajstić information content (AvgIpc) is 3.22. The standard InChI is InChI=1S/C31H38N6O2/c1-6-37-16-13-21(14-17-37)29(38)35-28-20-25(12-15-32-28)39-24-10-11-27-26(19-24)34-30(36(27)5)33-23-9-7-8-22(18-23)31(2,3)4/h7-12,15,18-21H,6,13-14,16-17H2,1-5H3,(H,33,34)(H,32,35,38). The van der Waals surface area contributed by atoms with Crippen LogP contribution in [0, 0.1) is 5.92 Å². The van der Waals surface area contributed by atoms with Crippen LogP contribution in [0.15, 0.2) is 60.8 Å². The monoisotopic (exact) mass is 526 g/mol. The number of aromatic nitrogens is 3. The van der Waals surface area contributed by atoms with Gasteiger partial charge in [-0.2, -0.15) is 0 Å². The lowest BCUT2D eigenvalue weighted by Crippen LogP contribution is -2.38. The number of nitrogens with one attached hydrogen (secondary N) is 2. The summed E-state index contributed by atoms with van der Waals surface area (Å²) in [6.07, 6.45) is 3.40. The fourth-order valence-corrected chi connectivity index (χ4v) is 4.97. The van der Waals surface area contributed by atoms with Crippen molar-refractivity contribution in [3.05, 3.63) is 66.4 Å². The SMILES string of the molecule is CCN1CCC(C(=O)Nc2cc(Oc3ccc4c(c3)nc(Nc3cccc(C(C)(C)C)c3)n4C)ccn2)CC1. The summed E-state index contributed by atoms with van der Waals surface area (Å²) in [5.41, 5.74) is 4.15. The molecule has 0 aliphatic carbocycles. The van der Waals surface area contributed by atoms with Gasteiger partial charge in [-0.25, -0.2) is 9.97 Å². The second kappa shape index (κ2) is 11.1. The van der Waals surface area contributed by atoms with Gasteiger partial charge in [-0.15, -0.1) is 0 Å². The second-order valence-electron chi connectivity index (χ2n) is 11.3. The van der Waals surface area contributed by atoms with Crippen LogP contribution < -0.4 is 15.4 Å². The minimum Gasteiger partial charge on any atom is -0.457 e. The number of ether oxygens (including phenoxy) is 1. The summed E-state index contributed by atoms with van der Waals surface area (Å²) in [6.45, 7) is 11.7. The molecule has 1 saturated heterocycles. The number of hydrogen-bond acceptors (Lipinski definition) is 6. The van der Waals surface area contributed by atoms with Crippen LogP contribution in [0.1, 0.15) is 46.1 Å². The van der Waals surface area contributed by atoms with Gasteiger partial charge in [0.1, 0.15) is 17.3 Å². The van der Waals surface area contributed by atoms with Crippen molar-refractivity contribution < 1.29 is 9.53 Å². The third kappa shape index (κ3) is 6.23. The Morgan fingerprint density at radius 2 is 1.82 bits per heavy atom. The second-order valence-corrected chi connectivity index (χ2v) is 11.3. The highest BCUT2D eigenvalue weighted by Crippen LogP contribution is 2.30. The normalized spacial score (nSPS) is 14.9. The molecular formula is C31H38N6O2. The van der Waals surface area contributed by atoms with Crippen molar-refractivity contribution >= 4 is 34.4 Å². The van der Waals surface area contributed by atoms with Crippen LogP contribution in [-0.2, 0) is 17.3 Å². The molecule has 3 heterocycles. The van der Waals surface area contributed by atoms with Crippen molar-refractivity contribution in [2.75, 3.05) is 30.3 Å². The first-order valence-corrected chi connectivity index (χ1v) is 13.7. The maximum atomic E-state index is 12.8. The predicted molar refractivity (Wildman–Crippen MR) is 157 cm³/mol. The number of hydrogen-bond donors (Lipinski definition) is 2. The van der Waals surface area contributed by atoms with Crippen molar-refractivity contribution in [1.29, 1.82) is 0 Å². The van der Waals surface area contributed by atoms with Crippen LogP contribution in [0.25, 0.3) is 11.0 Å². The first-order valence-electron chi connectivity index (χ1n) is 13.7. The fraction of sp³-hybridized carbons (Fsp3) is 0.387. The number of likely N-dealkylation sites (tertiary alicyclic amines) is 1. The van der Waals surface area contributed by atoms with Gasteiger partial charge >= 0.3 is 0 Å². The third-order valence-corrected chi connectivity index (χ3v) is 7.46. The third-order valence-electron chi connectivity index (χ3n) is 7.46. The Labute approximate surface area is 230 Å². The summed E-state index contributed by atoms with van der Waals surface area (Å²) in [4.78, 5) is 24.3. The zero-order chi connectivity index (χ0) is 27.6. The molecule has 2 aromatic carbocycles. The molecule has 0 atom stereocenters. The van der Waals surface area contributed by atoms with E-state index in [2.05, 4.69) is 72.5 Å². The summed E-state index contributed by atoms with van der Waals surface area (Å²) in [6, 6.07) is 17.8. The highest BCUT2D eigenvalue weighted by Gasteiger charge is 2.24. The number of nitrogens with zero attached hydrogens (tertiary/aromatic N) is 4. The molecule has 8 nitrogen and oxygen atoms in total. The molecule has 2 N–H and O–H groups in total. The average molecular weight is 527 g/mol. The molecule has 8 heteroatoms. The van der Waals surface area contributed by atoms with Gasteiger partial charge in [0, 0.05) is 37.0 Å². The molecule has 1 aliphatic rings. The van der Waals surface area contributed by atoms with E-state index >= 15 is 0 Å². The number of carbonyl (C=O) groups is 1. The molecule has 1 aliphatic heterocycles. The minimum absolute atomic E-state index is 0.0180. The zero-order valence-electron chi connectivity index (χ0n) is 23.5. The van der Waals surface area contributed by atoms with E-state index in [1.165, 1.54) is 5.56 Å². The summed E-state index contributed by atoms with van der Waals surface area (Å²) in [7, 11) is 2.00. The number of carbonyl (C=O) groups excluding carboxylic acids is 1. The Hall–Kier alpha value is -3.91. The van der Waals surface area contributed by atoms with Crippen LogP contribution in [0.4, 0.5) is 17.5 Å². The van der Waals surface area contributed by atoms with Gasteiger partial charge in [-0.3, -0.25) is 4.79 Å². The van der Waals surface area contributed by atoms with Gasteiger partial charge in [0.2, 0.25) is 11.9 Å². The van der Waals surface area contributed by atoms with Crippen LogP contribution in [0.2, 0.25) is 0 Å². The van der Waals surface area contributed by atoms with Crippen molar-refractivity contribution in [3.8, 4) is 11.5 Å². The minimum atomic E-state index is 0.0180. The van der Waals surface area contributed by atoms with Gasteiger partial charge in [0.25, 0.3) is 0 Å². The maximum absolute atomic E-state index is 12.8. The molecule has 2 aromatic heterocycles. The Morgan fingerprint density at radius 1 is 1.05 bits per heavy atom. The van der Waals surface area contributed by atoms with Crippen molar-refractivity contribution in [2.45, 2.75) is 46.0 Å². The maximum Gasteiger partial charge on any atom is 0.228 e. The van der Waals surface area contributed by atoms with E-state index in [1.54, 1.807) is 18.3 Å². The van der Waals surface area contributed by atoms with E-state index in [-0.39, 0.29) is 17.2 Å². The van der Waals surface area contributed by atoms with E-state index in [1.807, 2.05) is 29.8 Å². The molecule has 0 saturated carbocycles. The lowest BCUT2D eigenvalue weighted by atomic mass is 9.87. The highest BCUT2D eigenvalue weighted by molar-refractivity contribution is 5.92. The van der Waals surface area contributed by atoms with Gasteiger partial charge in [0.15, 0.2) is 0 Å². The number of benzene rings is 2. The molecular weight excluding hydrogens is 488 g/mol. The molecule has 0 unspecified atom stereocenters. The van der Waals surface area contributed by atoms with Crippen molar-refractivity contribution in [1.82, 2.24) is 19.4 Å². The zero-order valence-corrected chi connectivity index (χ0v) is 23.5. The molecule has 0 radical (unpaired) electrons.